The predicted octanol–water partition coefficient (Wildman–Crippen LogP) is 2.78. The van der Waals surface area contributed by atoms with Crippen molar-refractivity contribution in [1.29, 1.82) is 0 Å². The lowest BCUT2D eigenvalue weighted by atomic mass is 9.89. The van der Waals surface area contributed by atoms with Crippen molar-refractivity contribution < 1.29 is 9.53 Å². The molecule has 0 bridgehead atoms. The molecule has 3 aliphatic rings. The van der Waals surface area contributed by atoms with Crippen LogP contribution < -0.4 is 10.1 Å². The lowest BCUT2D eigenvalue weighted by molar-refractivity contribution is -0.120. The second-order valence-corrected chi connectivity index (χ2v) is 7.10. The molecule has 1 saturated heterocycles. The molecule has 1 atom stereocenters. The molecular weight excluding hydrogens is 286 g/mol. The van der Waals surface area contributed by atoms with Crippen LogP contribution in [-0.4, -0.2) is 25.5 Å². The van der Waals surface area contributed by atoms with E-state index < -0.39 is 0 Å². The summed E-state index contributed by atoms with van der Waals surface area (Å²) in [5, 5.41) is 4.10. The fourth-order valence-corrected chi connectivity index (χ4v) is 4.33. The third-order valence-electron chi connectivity index (χ3n) is 5.37. The molecule has 4 rings (SSSR count). The summed E-state index contributed by atoms with van der Waals surface area (Å²) < 4.78 is 5.70. The van der Waals surface area contributed by atoms with Crippen molar-refractivity contribution in [3.05, 3.63) is 28.3 Å². The van der Waals surface area contributed by atoms with Gasteiger partial charge in [0.1, 0.15) is 11.5 Å². The summed E-state index contributed by atoms with van der Waals surface area (Å²) in [5.74, 6) is 1.54. The van der Waals surface area contributed by atoms with Crippen LogP contribution in [0.2, 0.25) is 5.02 Å². The van der Waals surface area contributed by atoms with Crippen molar-refractivity contribution in [2.24, 2.45) is 11.3 Å². The van der Waals surface area contributed by atoms with Gasteiger partial charge in [0.05, 0.1) is 6.61 Å². The second-order valence-electron chi connectivity index (χ2n) is 6.66. The van der Waals surface area contributed by atoms with E-state index in [4.69, 9.17) is 16.3 Å². The minimum atomic E-state index is 0.260. The van der Waals surface area contributed by atoms with Crippen LogP contribution in [0.4, 0.5) is 0 Å². The topological polar surface area (TPSA) is 38.3 Å². The first-order valence-electron chi connectivity index (χ1n) is 7.85. The fraction of sp³-hybridized carbons (Fsp3) is 0.588. The Balaban J connectivity index is 1.51. The molecule has 112 valence electrons. The van der Waals surface area contributed by atoms with Crippen molar-refractivity contribution in [3.63, 3.8) is 0 Å². The Bertz CT molecular complexity index is 593. The predicted molar refractivity (Wildman–Crippen MR) is 82.0 cm³/mol. The third kappa shape index (κ3) is 2.36. The van der Waals surface area contributed by atoms with Crippen LogP contribution in [0.3, 0.4) is 0 Å². The van der Waals surface area contributed by atoms with Gasteiger partial charge in [-0.15, -0.1) is 0 Å². The molecule has 1 spiro atoms. The van der Waals surface area contributed by atoms with Gasteiger partial charge in [0.15, 0.2) is 0 Å². The highest BCUT2D eigenvalue weighted by Crippen LogP contribution is 2.59. The van der Waals surface area contributed by atoms with Crippen LogP contribution in [0.25, 0.3) is 0 Å². The summed E-state index contributed by atoms with van der Waals surface area (Å²) in [7, 11) is 0. The molecule has 3 nitrogen and oxygen atoms in total. The first-order valence-corrected chi connectivity index (χ1v) is 8.23. The van der Waals surface area contributed by atoms with E-state index in [1.807, 2.05) is 12.1 Å². The molecule has 0 aromatic heterocycles. The highest BCUT2D eigenvalue weighted by molar-refractivity contribution is 6.30. The highest BCUT2D eigenvalue weighted by atomic mass is 35.5. The largest absolute Gasteiger partial charge is 0.493 e. The van der Waals surface area contributed by atoms with Crippen LogP contribution in [0.15, 0.2) is 12.1 Å². The van der Waals surface area contributed by atoms with E-state index in [1.165, 1.54) is 0 Å². The fourth-order valence-electron chi connectivity index (χ4n) is 4.07. The van der Waals surface area contributed by atoms with Crippen LogP contribution in [0, 0.1) is 11.3 Å². The van der Waals surface area contributed by atoms with Gasteiger partial charge in [-0.1, -0.05) is 11.6 Å². The standard InChI is InChI=1S/C17H20ClNO2/c18-13-7-11-1-6-21-16(11)12(8-13)9-15(20)14-10-17(14)2-4-19-5-3-17/h7-8,14,19H,1-6,9-10H2. The van der Waals surface area contributed by atoms with E-state index in [0.29, 0.717) is 24.2 Å². The number of benzene rings is 1. The summed E-state index contributed by atoms with van der Waals surface area (Å²) in [4.78, 5) is 12.6. The Morgan fingerprint density at radius 2 is 2.19 bits per heavy atom. The van der Waals surface area contributed by atoms with Gasteiger partial charge in [-0.2, -0.15) is 0 Å². The van der Waals surface area contributed by atoms with E-state index in [0.717, 1.165) is 60.7 Å². The molecule has 1 aromatic rings. The Morgan fingerprint density at radius 3 is 3.00 bits per heavy atom. The SMILES string of the molecule is O=C(Cc1cc(Cl)cc2c1OCC2)C1CC12CCNCC2. The van der Waals surface area contributed by atoms with Gasteiger partial charge in [-0.25, -0.2) is 0 Å². The molecule has 2 heterocycles. The molecule has 2 fully saturated rings. The van der Waals surface area contributed by atoms with E-state index in [2.05, 4.69) is 5.32 Å². The third-order valence-corrected chi connectivity index (χ3v) is 5.59. The number of ether oxygens (including phenoxy) is 1. The van der Waals surface area contributed by atoms with Crippen LogP contribution in [-0.2, 0) is 17.6 Å². The number of rotatable bonds is 3. The molecule has 0 amide bonds. The number of ketones is 1. The lowest BCUT2D eigenvalue weighted by Gasteiger charge is -2.23. The van der Waals surface area contributed by atoms with Crippen molar-refractivity contribution in [3.8, 4) is 5.75 Å². The average molecular weight is 306 g/mol. The first kappa shape index (κ1) is 13.6. The zero-order valence-electron chi connectivity index (χ0n) is 12.1. The van der Waals surface area contributed by atoms with Gasteiger partial charge >= 0.3 is 0 Å². The molecule has 0 radical (unpaired) electrons. The zero-order valence-corrected chi connectivity index (χ0v) is 12.8. The number of piperidine rings is 1. The van der Waals surface area contributed by atoms with E-state index >= 15 is 0 Å². The number of Topliss-reactive ketones (excluding diaryl/α,β-unsaturated/α-hetero) is 1. The summed E-state index contributed by atoms with van der Waals surface area (Å²) in [6.07, 6.45) is 4.75. The van der Waals surface area contributed by atoms with Crippen LogP contribution in [0.1, 0.15) is 30.4 Å². The summed E-state index contributed by atoms with van der Waals surface area (Å²) in [6, 6.07) is 3.87. The van der Waals surface area contributed by atoms with E-state index in [-0.39, 0.29) is 5.92 Å². The smallest absolute Gasteiger partial charge is 0.141 e. The number of halogens is 1. The molecule has 1 N–H and O–H groups in total. The van der Waals surface area contributed by atoms with Crippen LogP contribution in [0.5, 0.6) is 5.75 Å². The lowest BCUT2D eigenvalue weighted by Crippen LogP contribution is -2.31. The number of hydrogen-bond donors (Lipinski definition) is 1. The summed E-state index contributed by atoms with van der Waals surface area (Å²) in [5.41, 5.74) is 2.44. The quantitative estimate of drug-likeness (QED) is 0.933. The van der Waals surface area contributed by atoms with Crippen LogP contribution >= 0.6 is 11.6 Å². The molecule has 1 aliphatic carbocycles. The maximum atomic E-state index is 12.6. The average Bonchev–Trinajstić information content (AvgIpc) is 2.94. The molecule has 1 saturated carbocycles. The Hall–Kier alpha value is -1.06. The molecule has 4 heteroatoms. The molecule has 21 heavy (non-hydrogen) atoms. The van der Waals surface area contributed by atoms with Gasteiger partial charge < -0.3 is 10.1 Å². The maximum Gasteiger partial charge on any atom is 0.141 e. The van der Waals surface area contributed by atoms with Crippen molar-refractivity contribution >= 4 is 17.4 Å². The van der Waals surface area contributed by atoms with Gasteiger partial charge in [-0.3, -0.25) is 4.79 Å². The van der Waals surface area contributed by atoms with Gasteiger partial charge in [-0.05, 0) is 55.5 Å². The summed E-state index contributed by atoms with van der Waals surface area (Å²) in [6.45, 7) is 2.81. The molecular formula is C17H20ClNO2. The molecule has 2 aliphatic heterocycles. The van der Waals surface area contributed by atoms with E-state index in [9.17, 15) is 4.79 Å². The minimum absolute atomic E-state index is 0.260. The van der Waals surface area contributed by atoms with Gasteiger partial charge in [0.2, 0.25) is 0 Å². The Kier molecular flexibility index (Phi) is 3.23. The van der Waals surface area contributed by atoms with Gasteiger partial charge in [0, 0.05) is 29.3 Å². The normalized spacial score (nSPS) is 25.5. The second kappa shape index (κ2) is 4.99. The Labute approximate surface area is 130 Å². The molecule has 1 aromatic carbocycles. The van der Waals surface area contributed by atoms with Crippen molar-refractivity contribution in [2.45, 2.75) is 32.1 Å². The van der Waals surface area contributed by atoms with Gasteiger partial charge in [0.25, 0.3) is 0 Å². The first-order chi connectivity index (χ1) is 10.2. The van der Waals surface area contributed by atoms with Crippen molar-refractivity contribution in [2.75, 3.05) is 19.7 Å². The summed E-state index contributed by atoms with van der Waals surface area (Å²) >= 11 is 6.17. The number of hydrogen-bond acceptors (Lipinski definition) is 3. The van der Waals surface area contributed by atoms with Crippen molar-refractivity contribution in [1.82, 2.24) is 5.32 Å². The monoisotopic (exact) mass is 305 g/mol. The van der Waals surface area contributed by atoms with E-state index in [1.54, 1.807) is 0 Å². The number of carbonyl (C=O) groups excluding carboxylic acids is 1. The highest BCUT2D eigenvalue weighted by Gasteiger charge is 2.57. The minimum Gasteiger partial charge on any atom is -0.493 e. The number of fused-ring (bicyclic) bond motifs is 1. The number of nitrogens with one attached hydrogen (secondary N) is 1. The maximum absolute atomic E-state index is 12.6. The molecule has 1 unspecified atom stereocenters. The number of carbonyl (C=O) groups is 1. The Morgan fingerprint density at radius 1 is 1.38 bits per heavy atom. The zero-order chi connectivity index (χ0) is 14.4.